The van der Waals surface area contributed by atoms with Gasteiger partial charge in [0, 0.05) is 20.7 Å². The summed E-state index contributed by atoms with van der Waals surface area (Å²) in [4.78, 5) is 24.5. The number of aliphatic carboxylic acids is 1. The summed E-state index contributed by atoms with van der Waals surface area (Å²) in [6.45, 7) is 0.419. The Hall–Kier alpha value is -1.34. The van der Waals surface area contributed by atoms with Crippen LogP contribution >= 0.6 is 0 Å². The molecule has 0 aliphatic heterocycles. The third kappa shape index (κ3) is 4.35. The topological polar surface area (TPSA) is 99.1 Å². The second kappa shape index (κ2) is 7.44. The number of ether oxygens (including phenoxy) is 1. The zero-order valence-corrected chi connectivity index (χ0v) is 12.1. The van der Waals surface area contributed by atoms with E-state index >= 15 is 0 Å². The number of aliphatic hydroxyl groups excluding tert-OH is 1. The molecule has 20 heavy (non-hydrogen) atoms. The number of carbonyl (C=O) groups is 2. The van der Waals surface area contributed by atoms with E-state index in [9.17, 15) is 19.8 Å². The molecule has 0 spiro atoms. The Kier molecular flexibility index (Phi) is 6.22. The van der Waals surface area contributed by atoms with Gasteiger partial charge in [0.25, 0.3) is 0 Å². The fraction of sp³-hybridized carbons (Fsp3) is 0.846. The number of nitrogens with one attached hydrogen (secondary N) is 1. The largest absolute Gasteiger partial charge is 0.481 e. The van der Waals surface area contributed by atoms with E-state index in [2.05, 4.69) is 5.32 Å². The van der Waals surface area contributed by atoms with Crippen LogP contribution < -0.4 is 5.32 Å². The number of nitrogens with zero attached hydrogens (tertiary/aromatic N) is 1. The van der Waals surface area contributed by atoms with Gasteiger partial charge in [0.1, 0.15) is 0 Å². The Balaban J connectivity index is 2.43. The third-order valence-corrected chi connectivity index (χ3v) is 3.78. The maximum Gasteiger partial charge on any atom is 0.317 e. The highest BCUT2D eigenvalue weighted by Gasteiger charge is 2.41. The number of hydrogen-bond acceptors (Lipinski definition) is 4. The Morgan fingerprint density at radius 1 is 1.40 bits per heavy atom. The quantitative estimate of drug-likeness (QED) is 0.625. The number of rotatable bonds is 7. The van der Waals surface area contributed by atoms with Crippen molar-refractivity contribution in [3.05, 3.63) is 0 Å². The summed E-state index contributed by atoms with van der Waals surface area (Å²) < 4.78 is 4.79. The lowest BCUT2D eigenvalue weighted by Crippen LogP contribution is -2.47. The van der Waals surface area contributed by atoms with Crippen LogP contribution in [0, 0.1) is 5.41 Å². The van der Waals surface area contributed by atoms with Crippen LogP contribution in [0.1, 0.15) is 25.7 Å². The van der Waals surface area contributed by atoms with Crippen molar-refractivity contribution < 1.29 is 24.5 Å². The van der Waals surface area contributed by atoms with E-state index in [1.54, 1.807) is 7.05 Å². The van der Waals surface area contributed by atoms with Crippen LogP contribution in [0.3, 0.4) is 0 Å². The van der Waals surface area contributed by atoms with Gasteiger partial charge in [-0.25, -0.2) is 4.79 Å². The van der Waals surface area contributed by atoms with Crippen molar-refractivity contribution in [1.82, 2.24) is 10.2 Å². The average molecular weight is 288 g/mol. The van der Waals surface area contributed by atoms with Gasteiger partial charge in [-0.05, 0) is 12.8 Å². The lowest BCUT2D eigenvalue weighted by molar-refractivity contribution is -0.148. The van der Waals surface area contributed by atoms with Crippen LogP contribution in [-0.4, -0.2) is 67.1 Å². The van der Waals surface area contributed by atoms with Crippen molar-refractivity contribution >= 4 is 12.0 Å². The van der Waals surface area contributed by atoms with Gasteiger partial charge in [-0.1, -0.05) is 12.8 Å². The van der Waals surface area contributed by atoms with Crippen molar-refractivity contribution in [2.24, 2.45) is 5.41 Å². The van der Waals surface area contributed by atoms with E-state index in [0.717, 1.165) is 12.8 Å². The first kappa shape index (κ1) is 16.7. The number of hydrogen-bond donors (Lipinski definition) is 3. The maximum atomic E-state index is 11.9. The van der Waals surface area contributed by atoms with E-state index in [-0.39, 0.29) is 25.7 Å². The molecule has 3 N–H and O–H groups in total. The predicted molar refractivity (Wildman–Crippen MR) is 72.4 cm³/mol. The second-order valence-corrected chi connectivity index (χ2v) is 5.44. The van der Waals surface area contributed by atoms with Gasteiger partial charge in [0.05, 0.1) is 24.7 Å². The smallest absolute Gasteiger partial charge is 0.317 e. The normalized spacial score (nSPS) is 18.6. The summed E-state index contributed by atoms with van der Waals surface area (Å²) in [7, 11) is 3.02. The number of carbonyl (C=O) groups excluding carboxylic acids is 1. The summed E-state index contributed by atoms with van der Waals surface area (Å²) in [5, 5.41) is 21.5. The van der Waals surface area contributed by atoms with Crippen molar-refractivity contribution in [3.8, 4) is 0 Å². The highest BCUT2D eigenvalue weighted by molar-refractivity contribution is 5.78. The summed E-state index contributed by atoms with van der Waals surface area (Å²) in [6.07, 6.45) is 2.20. The van der Waals surface area contributed by atoms with Crippen LogP contribution in [0.15, 0.2) is 0 Å². The van der Waals surface area contributed by atoms with Gasteiger partial charge < -0.3 is 25.2 Å². The van der Waals surface area contributed by atoms with E-state index in [4.69, 9.17) is 4.74 Å². The molecule has 0 heterocycles. The summed E-state index contributed by atoms with van der Waals surface area (Å²) in [5.41, 5.74) is -0.832. The number of carboxylic acids is 1. The molecule has 1 unspecified atom stereocenters. The number of likely N-dealkylation sites (N-methyl/N-ethyl adjacent to an activating group) is 1. The molecule has 0 aromatic heterocycles. The minimum absolute atomic E-state index is 0.131. The molecule has 2 amide bonds. The monoisotopic (exact) mass is 288 g/mol. The maximum absolute atomic E-state index is 11.9. The Labute approximate surface area is 118 Å². The van der Waals surface area contributed by atoms with Crippen molar-refractivity contribution in [2.75, 3.05) is 33.9 Å². The number of carboxylic acid groups (broad SMARTS) is 1. The molecular weight excluding hydrogens is 264 g/mol. The molecule has 1 fully saturated rings. The molecular formula is C13H24N2O5. The average Bonchev–Trinajstić information content (AvgIpc) is 2.86. The van der Waals surface area contributed by atoms with E-state index in [0.29, 0.717) is 12.8 Å². The van der Waals surface area contributed by atoms with Crippen LogP contribution in [0.5, 0.6) is 0 Å². The van der Waals surface area contributed by atoms with Crippen molar-refractivity contribution in [1.29, 1.82) is 0 Å². The number of amides is 2. The number of aliphatic hydroxyl groups is 1. The van der Waals surface area contributed by atoms with Crippen LogP contribution in [0.4, 0.5) is 4.79 Å². The fourth-order valence-corrected chi connectivity index (χ4v) is 2.54. The predicted octanol–water partition coefficient (Wildman–Crippen LogP) is 0.280. The lowest BCUT2D eigenvalue weighted by Gasteiger charge is -2.26. The molecule has 1 atom stereocenters. The van der Waals surface area contributed by atoms with Gasteiger partial charge >= 0.3 is 12.0 Å². The van der Waals surface area contributed by atoms with Gasteiger partial charge in [0.2, 0.25) is 0 Å². The first-order valence-electron chi connectivity index (χ1n) is 6.80. The van der Waals surface area contributed by atoms with Gasteiger partial charge in [-0.3, -0.25) is 4.79 Å². The Bertz CT molecular complexity index is 342. The summed E-state index contributed by atoms with van der Waals surface area (Å²) >= 11 is 0. The van der Waals surface area contributed by atoms with Crippen molar-refractivity contribution in [3.63, 3.8) is 0 Å². The SMILES string of the molecule is COCC(O)CN(C)C(=O)NCC1(C(=O)O)CCCC1. The highest BCUT2D eigenvalue weighted by atomic mass is 16.5. The standard InChI is InChI=1S/C13H24N2O5/c1-15(7-10(16)8-20-2)12(19)14-9-13(11(17)18)5-3-4-6-13/h10,16H,3-9H2,1-2H3,(H,14,19)(H,17,18). The minimum Gasteiger partial charge on any atom is -0.481 e. The molecule has 0 aromatic rings. The zero-order chi connectivity index (χ0) is 15.2. The molecule has 1 aliphatic carbocycles. The number of methoxy groups -OCH3 is 1. The zero-order valence-electron chi connectivity index (χ0n) is 12.1. The van der Waals surface area contributed by atoms with Crippen molar-refractivity contribution in [2.45, 2.75) is 31.8 Å². The van der Waals surface area contributed by atoms with Gasteiger partial charge in [-0.2, -0.15) is 0 Å². The third-order valence-electron chi connectivity index (χ3n) is 3.78. The van der Waals surface area contributed by atoms with Crippen LogP contribution in [-0.2, 0) is 9.53 Å². The molecule has 1 rings (SSSR count). The fourth-order valence-electron chi connectivity index (χ4n) is 2.54. The molecule has 7 nitrogen and oxygen atoms in total. The molecule has 0 aromatic carbocycles. The molecule has 0 saturated heterocycles. The molecule has 7 heteroatoms. The van der Waals surface area contributed by atoms with E-state index < -0.39 is 17.5 Å². The molecule has 1 saturated carbocycles. The van der Waals surface area contributed by atoms with E-state index in [1.165, 1.54) is 12.0 Å². The molecule has 1 aliphatic rings. The molecule has 0 radical (unpaired) electrons. The minimum atomic E-state index is -0.850. The lowest BCUT2D eigenvalue weighted by atomic mass is 9.86. The molecule has 116 valence electrons. The first-order valence-corrected chi connectivity index (χ1v) is 6.80. The van der Waals surface area contributed by atoms with E-state index in [1.807, 2.05) is 0 Å². The second-order valence-electron chi connectivity index (χ2n) is 5.44. The summed E-state index contributed by atoms with van der Waals surface area (Å²) in [6, 6.07) is -0.382. The number of urea groups is 1. The Morgan fingerprint density at radius 3 is 2.50 bits per heavy atom. The summed E-state index contributed by atoms with van der Waals surface area (Å²) in [5.74, 6) is -0.850. The highest BCUT2D eigenvalue weighted by Crippen LogP contribution is 2.37. The Morgan fingerprint density at radius 2 is 2.00 bits per heavy atom. The van der Waals surface area contributed by atoms with Gasteiger partial charge in [0.15, 0.2) is 0 Å². The first-order chi connectivity index (χ1) is 9.41. The molecule has 0 bridgehead atoms. The van der Waals surface area contributed by atoms with Crippen LogP contribution in [0.25, 0.3) is 0 Å². The van der Waals surface area contributed by atoms with Gasteiger partial charge in [-0.15, -0.1) is 0 Å². The van der Waals surface area contributed by atoms with Crippen LogP contribution in [0.2, 0.25) is 0 Å².